The van der Waals surface area contributed by atoms with E-state index in [0.29, 0.717) is 49.2 Å². The van der Waals surface area contributed by atoms with E-state index in [1.54, 1.807) is 24.7 Å². The molecule has 182 valence electrons. The number of rotatable bonds is 9. The van der Waals surface area contributed by atoms with E-state index in [-0.39, 0.29) is 17.3 Å². The average Bonchev–Trinajstić information content (AvgIpc) is 3.34. The summed E-state index contributed by atoms with van der Waals surface area (Å²) in [5.41, 5.74) is 1.33. The quantitative estimate of drug-likeness (QED) is 0.391. The lowest BCUT2D eigenvalue weighted by Crippen LogP contribution is -2.46. The van der Waals surface area contributed by atoms with Crippen LogP contribution in [0.5, 0.6) is 0 Å². The van der Waals surface area contributed by atoms with Crippen molar-refractivity contribution in [2.24, 2.45) is 4.99 Å². The fourth-order valence-electron chi connectivity index (χ4n) is 4.27. The van der Waals surface area contributed by atoms with Crippen molar-refractivity contribution >= 4 is 29.1 Å². The number of halogens is 1. The second-order valence-electron chi connectivity index (χ2n) is 8.76. The molecule has 2 aliphatic rings. The minimum absolute atomic E-state index is 0.103. The van der Waals surface area contributed by atoms with Crippen molar-refractivity contribution in [1.29, 1.82) is 5.41 Å². The van der Waals surface area contributed by atoms with E-state index in [2.05, 4.69) is 35.8 Å². The van der Waals surface area contributed by atoms with Gasteiger partial charge in [0, 0.05) is 42.0 Å². The molecule has 3 N–H and O–H groups in total. The van der Waals surface area contributed by atoms with Crippen molar-refractivity contribution in [2.45, 2.75) is 37.3 Å². The van der Waals surface area contributed by atoms with Crippen LogP contribution in [-0.2, 0) is 16.7 Å². The molecule has 1 saturated heterocycles. The van der Waals surface area contributed by atoms with Crippen LogP contribution in [0.25, 0.3) is 10.7 Å². The van der Waals surface area contributed by atoms with Crippen LogP contribution >= 0.6 is 11.3 Å². The van der Waals surface area contributed by atoms with Gasteiger partial charge in [-0.15, -0.1) is 21.5 Å². The number of thiazole rings is 1. The van der Waals surface area contributed by atoms with Gasteiger partial charge in [-0.2, -0.15) is 0 Å². The molecule has 1 aliphatic carbocycles. The van der Waals surface area contributed by atoms with E-state index in [1.165, 1.54) is 17.4 Å². The van der Waals surface area contributed by atoms with Crippen LogP contribution in [0.1, 0.15) is 29.8 Å². The molecule has 4 heterocycles. The molecule has 0 aromatic carbocycles. The van der Waals surface area contributed by atoms with Crippen molar-refractivity contribution in [3.05, 3.63) is 53.0 Å². The van der Waals surface area contributed by atoms with Crippen LogP contribution in [0.3, 0.4) is 0 Å². The van der Waals surface area contributed by atoms with Crippen LogP contribution in [0.2, 0.25) is 0 Å². The van der Waals surface area contributed by atoms with Gasteiger partial charge in [-0.3, -0.25) is 9.98 Å². The summed E-state index contributed by atoms with van der Waals surface area (Å²) in [5.74, 6) is 0.382. The summed E-state index contributed by atoms with van der Waals surface area (Å²) < 4.78 is 19.7. The molecule has 1 saturated carbocycles. The molecule has 0 radical (unpaired) electrons. The van der Waals surface area contributed by atoms with Gasteiger partial charge in [-0.25, -0.2) is 9.37 Å². The average molecular weight is 495 g/mol. The summed E-state index contributed by atoms with van der Waals surface area (Å²) in [5, 5.41) is 24.0. The maximum absolute atomic E-state index is 14.3. The van der Waals surface area contributed by atoms with Crippen molar-refractivity contribution in [3.8, 4) is 10.7 Å². The highest BCUT2D eigenvalue weighted by molar-refractivity contribution is 7.15. The summed E-state index contributed by atoms with van der Waals surface area (Å²) in [7, 11) is 0. The zero-order chi connectivity index (χ0) is 24.1. The van der Waals surface area contributed by atoms with E-state index < -0.39 is 0 Å². The first-order valence-electron chi connectivity index (χ1n) is 11.7. The van der Waals surface area contributed by atoms with Gasteiger partial charge in [0.1, 0.15) is 22.3 Å². The molecular formula is C24H27FN8OS. The maximum Gasteiger partial charge on any atom is 0.148 e. The van der Waals surface area contributed by atoms with Gasteiger partial charge < -0.3 is 20.8 Å². The Labute approximate surface area is 206 Å². The molecule has 1 aliphatic heterocycles. The predicted molar refractivity (Wildman–Crippen MR) is 134 cm³/mol. The van der Waals surface area contributed by atoms with Gasteiger partial charge in [0.2, 0.25) is 0 Å². The monoisotopic (exact) mass is 494 g/mol. The zero-order valence-corrected chi connectivity index (χ0v) is 20.0. The van der Waals surface area contributed by atoms with Crippen LogP contribution in [0, 0.1) is 11.2 Å². The Morgan fingerprint density at radius 3 is 2.94 bits per heavy atom. The van der Waals surface area contributed by atoms with E-state index >= 15 is 0 Å². The van der Waals surface area contributed by atoms with Gasteiger partial charge in [0.05, 0.1) is 37.2 Å². The van der Waals surface area contributed by atoms with E-state index in [0.717, 1.165) is 35.7 Å². The number of hydrogen-bond acceptors (Lipinski definition) is 10. The zero-order valence-electron chi connectivity index (χ0n) is 19.2. The third-order valence-corrected chi connectivity index (χ3v) is 7.40. The maximum atomic E-state index is 14.3. The number of morpholine rings is 1. The molecular weight excluding hydrogens is 467 g/mol. The molecule has 3 aromatic heterocycles. The molecule has 0 amide bonds. The highest BCUT2D eigenvalue weighted by Crippen LogP contribution is 2.43. The Hall–Kier alpha value is -3.15. The molecule has 1 atom stereocenters. The molecule has 0 bridgehead atoms. The standard InChI is InChI=1S/C24H27FN8OS/c25-17-3-1-8-29-22(17)24(6-2-7-24)15-31-21-5-4-19(32-33-21)23-30-12-16(35-23)11-27-13-18(26)20-14-34-10-9-28-20/h1,3-5,8,12-13,20,26,28H,2,6-7,9-11,14-15H2,(H,31,33). The molecule has 0 spiro atoms. The number of nitrogens with one attached hydrogen (secondary N) is 3. The fraction of sp³-hybridized carbons (Fsp3) is 0.417. The molecule has 9 nitrogen and oxygen atoms in total. The summed E-state index contributed by atoms with van der Waals surface area (Å²) in [4.78, 5) is 14.1. The van der Waals surface area contributed by atoms with Crippen LogP contribution in [0.4, 0.5) is 10.2 Å². The Balaban J connectivity index is 1.16. The van der Waals surface area contributed by atoms with Crippen LogP contribution < -0.4 is 10.6 Å². The molecule has 5 rings (SSSR count). The van der Waals surface area contributed by atoms with Crippen LogP contribution in [-0.4, -0.2) is 64.4 Å². The molecule has 3 aromatic rings. The van der Waals surface area contributed by atoms with Gasteiger partial charge >= 0.3 is 0 Å². The summed E-state index contributed by atoms with van der Waals surface area (Å²) in [6.45, 7) is 2.94. The first kappa shape index (κ1) is 23.6. The fourth-order valence-corrected chi connectivity index (χ4v) is 5.08. The highest BCUT2D eigenvalue weighted by atomic mass is 32.1. The SMILES string of the molecule is N=C(C=NCc1cnc(-c2ccc(NCC3(c4ncccc4F)CCC3)nn2)s1)C1COCCN1. The Kier molecular flexibility index (Phi) is 7.16. The highest BCUT2D eigenvalue weighted by Gasteiger charge is 2.41. The number of aromatic nitrogens is 4. The topological polar surface area (TPSA) is 121 Å². The first-order chi connectivity index (χ1) is 17.1. The third kappa shape index (κ3) is 5.42. The number of pyridine rings is 1. The lowest BCUT2D eigenvalue weighted by molar-refractivity contribution is 0.0953. The molecule has 35 heavy (non-hydrogen) atoms. The van der Waals surface area contributed by atoms with Gasteiger partial charge in [-0.1, -0.05) is 6.42 Å². The van der Waals surface area contributed by atoms with E-state index in [4.69, 9.17) is 10.1 Å². The number of hydrogen-bond donors (Lipinski definition) is 3. The number of aliphatic imine (C=N–C) groups is 1. The molecule has 2 fully saturated rings. The smallest absolute Gasteiger partial charge is 0.148 e. The lowest BCUT2D eigenvalue weighted by Gasteiger charge is -2.41. The second kappa shape index (κ2) is 10.6. The normalized spacial score (nSPS) is 19.4. The first-order valence-corrected chi connectivity index (χ1v) is 12.5. The van der Waals surface area contributed by atoms with Crippen molar-refractivity contribution in [2.75, 3.05) is 31.6 Å². The molecule has 1 unspecified atom stereocenters. The third-order valence-electron chi connectivity index (χ3n) is 6.39. The van der Waals surface area contributed by atoms with Gasteiger partial charge in [0.15, 0.2) is 0 Å². The Morgan fingerprint density at radius 1 is 1.31 bits per heavy atom. The van der Waals surface area contributed by atoms with Crippen molar-refractivity contribution < 1.29 is 9.13 Å². The number of nitrogens with zero attached hydrogens (tertiary/aromatic N) is 5. The summed E-state index contributed by atoms with van der Waals surface area (Å²) in [6.07, 6.45) is 7.86. The van der Waals surface area contributed by atoms with Gasteiger partial charge in [-0.05, 0) is 37.1 Å². The predicted octanol–water partition coefficient (Wildman–Crippen LogP) is 3.25. The van der Waals surface area contributed by atoms with Crippen molar-refractivity contribution in [1.82, 2.24) is 25.5 Å². The van der Waals surface area contributed by atoms with Gasteiger partial charge in [0.25, 0.3) is 0 Å². The second-order valence-corrected chi connectivity index (χ2v) is 9.88. The van der Waals surface area contributed by atoms with Crippen LogP contribution in [0.15, 0.2) is 41.7 Å². The summed E-state index contributed by atoms with van der Waals surface area (Å²) >= 11 is 1.50. The minimum atomic E-state index is -0.299. The summed E-state index contributed by atoms with van der Waals surface area (Å²) in [6, 6.07) is 6.73. The largest absolute Gasteiger partial charge is 0.378 e. The molecule has 11 heteroatoms. The van der Waals surface area contributed by atoms with Crippen molar-refractivity contribution in [3.63, 3.8) is 0 Å². The van der Waals surface area contributed by atoms with E-state index in [9.17, 15) is 4.39 Å². The number of ether oxygens (including phenoxy) is 1. The Morgan fingerprint density at radius 2 is 2.23 bits per heavy atom. The van der Waals surface area contributed by atoms with E-state index in [1.807, 2.05) is 12.1 Å². The Bertz CT molecular complexity index is 1190. The lowest BCUT2D eigenvalue weighted by atomic mass is 9.66. The number of anilines is 1. The minimum Gasteiger partial charge on any atom is -0.378 e.